The van der Waals surface area contributed by atoms with Gasteiger partial charge in [-0.3, -0.25) is 9.69 Å². The van der Waals surface area contributed by atoms with Crippen molar-refractivity contribution in [1.29, 1.82) is 0 Å². The van der Waals surface area contributed by atoms with Crippen LogP contribution in [0.3, 0.4) is 0 Å². The van der Waals surface area contributed by atoms with E-state index in [1.807, 2.05) is 44.1 Å². The van der Waals surface area contributed by atoms with Crippen LogP contribution in [0.1, 0.15) is 25.3 Å². The molecule has 28 heavy (non-hydrogen) atoms. The van der Waals surface area contributed by atoms with Crippen molar-refractivity contribution < 1.29 is 19.1 Å². The molecule has 0 atom stereocenters. The van der Waals surface area contributed by atoms with Crippen LogP contribution < -0.4 is 14.8 Å². The van der Waals surface area contributed by atoms with E-state index in [1.165, 1.54) is 4.90 Å². The number of rotatable bonds is 7. The molecule has 8 heteroatoms. The van der Waals surface area contributed by atoms with Gasteiger partial charge in [0.25, 0.3) is 5.91 Å². The highest BCUT2D eigenvalue weighted by Crippen LogP contribution is 2.30. The van der Waals surface area contributed by atoms with Crippen LogP contribution in [0, 0.1) is 0 Å². The average molecular weight is 390 g/mol. The summed E-state index contributed by atoms with van der Waals surface area (Å²) in [5.41, 5.74) is 0.288. The fourth-order valence-electron chi connectivity index (χ4n) is 3.83. The first-order chi connectivity index (χ1) is 13.4. The van der Waals surface area contributed by atoms with Crippen LogP contribution in [0.5, 0.6) is 11.5 Å². The fourth-order valence-corrected chi connectivity index (χ4v) is 3.83. The summed E-state index contributed by atoms with van der Waals surface area (Å²) >= 11 is 0. The molecule has 1 spiro atoms. The highest BCUT2D eigenvalue weighted by atomic mass is 16.5. The van der Waals surface area contributed by atoms with Gasteiger partial charge in [0.2, 0.25) is 0 Å². The standard InChI is InChI=1S/C20H30N4O4/c1-5-28-16-7-6-15(12-17(16)27-4)13-23(3)14-24-18(25)20(21-19(24)26)8-10-22(2)11-9-20/h6-7,12H,5,8-11,13-14H2,1-4H3,(H,21,26). The first kappa shape index (κ1) is 20.4. The van der Waals surface area contributed by atoms with Gasteiger partial charge in [0.15, 0.2) is 11.5 Å². The van der Waals surface area contributed by atoms with Gasteiger partial charge in [-0.25, -0.2) is 9.69 Å². The maximum Gasteiger partial charge on any atom is 0.326 e. The SMILES string of the molecule is CCOc1ccc(CN(C)CN2C(=O)NC3(CCN(C)CC3)C2=O)cc1OC. The van der Waals surface area contributed by atoms with Crippen molar-refractivity contribution in [1.82, 2.24) is 20.0 Å². The smallest absolute Gasteiger partial charge is 0.326 e. The molecular formula is C20H30N4O4. The van der Waals surface area contributed by atoms with Crippen molar-refractivity contribution in [3.8, 4) is 11.5 Å². The Morgan fingerprint density at radius 2 is 1.93 bits per heavy atom. The summed E-state index contributed by atoms with van der Waals surface area (Å²) in [6, 6.07) is 5.47. The van der Waals surface area contributed by atoms with E-state index in [9.17, 15) is 9.59 Å². The minimum atomic E-state index is -0.729. The summed E-state index contributed by atoms with van der Waals surface area (Å²) < 4.78 is 10.9. The molecule has 0 aliphatic carbocycles. The van der Waals surface area contributed by atoms with Crippen LogP contribution in [-0.2, 0) is 11.3 Å². The monoisotopic (exact) mass is 390 g/mol. The number of carbonyl (C=O) groups excluding carboxylic acids is 2. The average Bonchev–Trinajstić information content (AvgIpc) is 2.90. The second-order valence-electron chi connectivity index (χ2n) is 7.62. The molecule has 2 saturated heterocycles. The van der Waals surface area contributed by atoms with Gasteiger partial charge in [0.05, 0.1) is 20.4 Å². The van der Waals surface area contributed by atoms with E-state index < -0.39 is 5.54 Å². The molecule has 2 aliphatic rings. The lowest BCUT2D eigenvalue weighted by Gasteiger charge is -2.35. The summed E-state index contributed by atoms with van der Waals surface area (Å²) in [6.07, 6.45) is 1.31. The third kappa shape index (κ3) is 4.07. The van der Waals surface area contributed by atoms with Gasteiger partial charge in [0, 0.05) is 19.6 Å². The lowest BCUT2D eigenvalue weighted by molar-refractivity contribution is -0.134. The van der Waals surface area contributed by atoms with Gasteiger partial charge in [-0.1, -0.05) is 6.07 Å². The van der Waals surface area contributed by atoms with Gasteiger partial charge in [-0.2, -0.15) is 0 Å². The minimum absolute atomic E-state index is 0.110. The van der Waals surface area contributed by atoms with Crippen molar-refractivity contribution in [3.05, 3.63) is 23.8 Å². The Balaban J connectivity index is 1.64. The predicted octanol–water partition coefficient (Wildman–Crippen LogP) is 1.50. The van der Waals surface area contributed by atoms with Crippen molar-refractivity contribution in [3.63, 3.8) is 0 Å². The lowest BCUT2D eigenvalue weighted by Crippen LogP contribution is -2.54. The highest BCUT2D eigenvalue weighted by Gasteiger charge is 2.52. The number of urea groups is 1. The molecule has 154 valence electrons. The summed E-state index contributed by atoms with van der Waals surface area (Å²) in [7, 11) is 5.54. The number of ether oxygens (including phenoxy) is 2. The maximum absolute atomic E-state index is 13.0. The topological polar surface area (TPSA) is 74.4 Å². The molecule has 1 N–H and O–H groups in total. The number of methoxy groups -OCH3 is 1. The van der Waals surface area contributed by atoms with Crippen molar-refractivity contribution >= 4 is 11.9 Å². The van der Waals surface area contributed by atoms with Gasteiger partial charge >= 0.3 is 6.03 Å². The van der Waals surface area contributed by atoms with E-state index in [0.29, 0.717) is 37.5 Å². The number of likely N-dealkylation sites (tertiary alicyclic amines) is 1. The van der Waals surface area contributed by atoms with E-state index in [0.717, 1.165) is 18.7 Å². The molecule has 0 unspecified atom stereocenters. The van der Waals surface area contributed by atoms with E-state index >= 15 is 0 Å². The Morgan fingerprint density at radius 3 is 2.57 bits per heavy atom. The zero-order chi connectivity index (χ0) is 20.3. The molecule has 0 radical (unpaired) electrons. The number of imide groups is 1. The Bertz CT molecular complexity index is 731. The summed E-state index contributed by atoms with van der Waals surface area (Å²) in [5.74, 6) is 1.27. The van der Waals surface area contributed by atoms with Crippen molar-refractivity contribution in [2.24, 2.45) is 0 Å². The molecule has 3 rings (SSSR count). The van der Waals surface area contributed by atoms with Crippen molar-refractivity contribution in [2.75, 3.05) is 47.6 Å². The van der Waals surface area contributed by atoms with E-state index in [-0.39, 0.29) is 18.6 Å². The quantitative estimate of drug-likeness (QED) is 0.712. The first-order valence-corrected chi connectivity index (χ1v) is 9.69. The maximum atomic E-state index is 13.0. The normalized spacial score (nSPS) is 19.4. The zero-order valence-electron chi connectivity index (χ0n) is 17.2. The van der Waals surface area contributed by atoms with Crippen LogP contribution >= 0.6 is 0 Å². The van der Waals surface area contributed by atoms with Gasteiger partial charge in [0.1, 0.15) is 5.54 Å². The highest BCUT2D eigenvalue weighted by molar-refractivity contribution is 6.07. The Kier molecular flexibility index (Phi) is 6.10. The molecule has 1 aromatic rings. The molecule has 2 fully saturated rings. The predicted molar refractivity (Wildman–Crippen MR) is 105 cm³/mol. The Labute approximate surface area is 166 Å². The van der Waals surface area contributed by atoms with Gasteiger partial charge in [-0.05, 0) is 51.6 Å². The summed E-state index contributed by atoms with van der Waals surface area (Å²) in [5, 5.41) is 2.95. The number of nitrogens with zero attached hydrogens (tertiary/aromatic N) is 3. The Morgan fingerprint density at radius 1 is 1.21 bits per heavy atom. The number of nitrogens with one attached hydrogen (secondary N) is 1. The zero-order valence-corrected chi connectivity index (χ0v) is 17.2. The van der Waals surface area contributed by atoms with Crippen LogP contribution in [0.15, 0.2) is 18.2 Å². The molecular weight excluding hydrogens is 360 g/mol. The first-order valence-electron chi connectivity index (χ1n) is 9.69. The number of hydrogen-bond donors (Lipinski definition) is 1. The van der Waals surface area contributed by atoms with E-state index in [1.54, 1.807) is 7.11 Å². The second-order valence-corrected chi connectivity index (χ2v) is 7.62. The van der Waals surface area contributed by atoms with Gasteiger partial charge in [-0.15, -0.1) is 0 Å². The third-order valence-electron chi connectivity index (χ3n) is 5.45. The Hall–Kier alpha value is -2.32. The number of hydrogen-bond acceptors (Lipinski definition) is 6. The number of piperidine rings is 1. The van der Waals surface area contributed by atoms with E-state index in [4.69, 9.17) is 9.47 Å². The number of amides is 3. The molecule has 0 saturated carbocycles. The molecule has 3 amide bonds. The lowest BCUT2D eigenvalue weighted by atomic mass is 9.88. The number of benzene rings is 1. The second kappa shape index (κ2) is 8.36. The van der Waals surface area contributed by atoms with E-state index in [2.05, 4.69) is 10.2 Å². The largest absolute Gasteiger partial charge is 0.493 e. The molecule has 2 aliphatic heterocycles. The van der Waals surface area contributed by atoms with Gasteiger partial charge < -0.3 is 19.7 Å². The van der Waals surface area contributed by atoms with Crippen molar-refractivity contribution in [2.45, 2.75) is 31.8 Å². The molecule has 1 aromatic carbocycles. The fraction of sp³-hybridized carbons (Fsp3) is 0.600. The molecule has 0 aromatic heterocycles. The van der Waals surface area contributed by atoms with Crippen LogP contribution in [0.2, 0.25) is 0 Å². The molecule has 0 bridgehead atoms. The number of carbonyl (C=O) groups is 2. The summed E-state index contributed by atoms with van der Waals surface area (Å²) in [4.78, 5) is 30.9. The van der Waals surface area contributed by atoms with Crippen LogP contribution in [0.4, 0.5) is 4.79 Å². The summed E-state index contributed by atoms with van der Waals surface area (Å²) in [6.45, 7) is 4.94. The minimum Gasteiger partial charge on any atom is -0.493 e. The molecule has 8 nitrogen and oxygen atoms in total. The molecule has 2 heterocycles. The third-order valence-corrected chi connectivity index (χ3v) is 5.45. The van der Waals surface area contributed by atoms with Crippen LogP contribution in [0.25, 0.3) is 0 Å². The van der Waals surface area contributed by atoms with Crippen LogP contribution in [-0.4, -0.2) is 79.7 Å².